The maximum absolute atomic E-state index is 9.68. The minimum absolute atomic E-state index is 0.281. The molecule has 0 amide bonds. The van der Waals surface area contributed by atoms with Crippen molar-refractivity contribution < 1.29 is 5.11 Å². The standard InChI is InChI=1S/C17H24BrNO/c1-12(20)15-6-5-14(11-16(15)18)19-9-7-13(8-10-19)17(2,3)4/h5-7,11-12,20H,8-10H2,1-4H3. The van der Waals surface area contributed by atoms with Gasteiger partial charge in [0.1, 0.15) is 0 Å². The van der Waals surface area contributed by atoms with Gasteiger partial charge < -0.3 is 10.0 Å². The zero-order valence-corrected chi connectivity index (χ0v) is 14.4. The highest BCUT2D eigenvalue weighted by Crippen LogP contribution is 2.33. The molecule has 0 saturated carbocycles. The van der Waals surface area contributed by atoms with Gasteiger partial charge >= 0.3 is 0 Å². The summed E-state index contributed by atoms with van der Waals surface area (Å²) in [6.45, 7) is 10.7. The molecule has 0 fully saturated rings. The first-order valence-corrected chi connectivity index (χ1v) is 8.00. The largest absolute Gasteiger partial charge is 0.389 e. The number of nitrogens with zero attached hydrogens (tertiary/aromatic N) is 1. The molecule has 1 N–H and O–H groups in total. The number of benzene rings is 1. The number of rotatable bonds is 2. The molecule has 2 nitrogen and oxygen atoms in total. The molecule has 110 valence electrons. The molecule has 1 atom stereocenters. The molecule has 0 aromatic heterocycles. The van der Waals surface area contributed by atoms with Crippen LogP contribution in [0.2, 0.25) is 0 Å². The zero-order chi connectivity index (χ0) is 14.9. The molecular formula is C17H24BrNO. The van der Waals surface area contributed by atoms with Crippen LogP contribution in [-0.4, -0.2) is 18.2 Å². The number of aliphatic hydroxyl groups is 1. The molecule has 1 aromatic carbocycles. The van der Waals surface area contributed by atoms with Crippen molar-refractivity contribution in [3.63, 3.8) is 0 Å². The summed E-state index contributed by atoms with van der Waals surface area (Å²) >= 11 is 3.56. The van der Waals surface area contributed by atoms with Crippen LogP contribution in [0.3, 0.4) is 0 Å². The Hall–Kier alpha value is -0.800. The van der Waals surface area contributed by atoms with Crippen LogP contribution < -0.4 is 4.90 Å². The van der Waals surface area contributed by atoms with Crippen molar-refractivity contribution >= 4 is 21.6 Å². The van der Waals surface area contributed by atoms with Crippen molar-refractivity contribution in [2.24, 2.45) is 5.41 Å². The Morgan fingerprint density at radius 1 is 1.30 bits per heavy atom. The molecule has 0 bridgehead atoms. The highest BCUT2D eigenvalue weighted by atomic mass is 79.9. The molecule has 2 rings (SSSR count). The molecule has 1 aliphatic rings. The van der Waals surface area contributed by atoms with E-state index in [1.165, 1.54) is 5.69 Å². The Balaban J connectivity index is 2.15. The van der Waals surface area contributed by atoms with Gasteiger partial charge in [-0.15, -0.1) is 0 Å². The molecule has 20 heavy (non-hydrogen) atoms. The third kappa shape index (κ3) is 3.44. The van der Waals surface area contributed by atoms with E-state index < -0.39 is 6.10 Å². The fourth-order valence-electron chi connectivity index (χ4n) is 2.64. The number of anilines is 1. The van der Waals surface area contributed by atoms with E-state index in [2.05, 4.69) is 59.8 Å². The lowest BCUT2D eigenvalue weighted by Crippen LogP contribution is -2.31. The zero-order valence-electron chi connectivity index (χ0n) is 12.8. The summed E-state index contributed by atoms with van der Waals surface area (Å²) in [7, 11) is 0. The lowest BCUT2D eigenvalue weighted by Gasteiger charge is -2.33. The van der Waals surface area contributed by atoms with E-state index >= 15 is 0 Å². The van der Waals surface area contributed by atoms with Crippen molar-refractivity contribution in [3.8, 4) is 0 Å². The van der Waals surface area contributed by atoms with Crippen LogP contribution in [0, 0.1) is 5.41 Å². The lowest BCUT2D eigenvalue weighted by molar-refractivity contribution is 0.198. The van der Waals surface area contributed by atoms with E-state index in [0.29, 0.717) is 0 Å². The second-order valence-electron chi connectivity index (χ2n) is 6.56. The maximum atomic E-state index is 9.68. The van der Waals surface area contributed by atoms with Gasteiger partial charge in [-0.1, -0.05) is 54.4 Å². The van der Waals surface area contributed by atoms with Crippen LogP contribution in [0.4, 0.5) is 5.69 Å². The number of halogens is 1. The molecule has 0 spiro atoms. The SMILES string of the molecule is CC(O)c1ccc(N2CC=C(C(C)(C)C)CC2)cc1Br. The molecule has 1 aliphatic heterocycles. The Morgan fingerprint density at radius 2 is 2.00 bits per heavy atom. The Kier molecular flexibility index (Phi) is 4.60. The average Bonchev–Trinajstić information content (AvgIpc) is 2.37. The quantitative estimate of drug-likeness (QED) is 0.791. The van der Waals surface area contributed by atoms with E-state index in [0.717, 1.165) is 29.5 Å². The summed E-state index contributed by atoms with van der Waals surface area (Å²) < 4.78 is 0.982. The van der Waals surface area contributed by atoms with Gasteiger partial charge in [0.05, 0.1) is 6.10 Å². The average molecular weight is 338 g/mol. The van der Waals surface area contributed by atoms with E-state index in [1.54, 1.807) is 12.5 Å². The molecule has 3 heteroatoms. The topological polar surface area (TPSA) is 23.5 Å². The smallest absolute Gasteiger partial charge is 0.0772 e. The summed E-state index contributed by atoms with van der Waals surface area (Å²) in [4.78, 5) is 2.38. The summed E-state index contributed by atoms with van der Waals surface area (Å²) in [5.74, 6) is 0. The molecule has 1 heterocycles. The number of hydrogen-bond acceptors (Lipinski definition) is 2. The number of hydrogen-bond donors (Lipinski definition) is 1. The molecule has 1 aromatic rings. The highest BCUT2D eigenvalue weighted by molar-refractivity contribution is 9.10. The second-order valence-corrected chi connectivity index (χ2v) is 7.41. The highest BCUT2D eigenvalue weighted by Gasteiger charge is 2.21. The van der Waals surface area contributed by atoms with Crippen LogP contribution in [0.1, 0.15) is 45.8 Å². The van der Waals surface area contributed by atoms with Gasteiger partial charge in [-0.2, -0.15) is 0 Å². The minimum atomic E-state index is -0.438. The van der Waals surface area contributed by atoms with Crippen LogP contribution in [0.15, 0.2) is 34.3 Å². The van der Waals surface area contributed by atoms with Gasteiger partial charge in [0.15, 0.2) is 0 Å². The third-order valence-corrected chi connectivity index (χ3v) is 4.66. The van der Waals surface area contributed by atoms with Crippen LogP contribution in [-0.2, 0) is 0 Å². The van der Waals surface area contributed by atoms with Crippen molar-refractivity contribution in [2.75, 3.05) is 18.0 Å². The predicted octanol–water partition coefficient (Wildman–Crippen LogP) is 4.69. The van der Waals surface area contributed by atoms with Gasteiger partial charge in [-0.25, -0.2) is 0 Å². The molecular weight excluding hydrogens is 314 g/mol. The van der Waals surface area contributed by atoms with Crippen LogP contribution in [0.5, 0.6) is 0 Å². The normalized spacial score (nSPS) is 17.9. The van der Waals surface area contributed by atoms with Crippen molar-refractivity contribution in [1.82, 2.24) is 0 Å². The van der Waals surface area contributed by atoms with Crippen molar-refractivity contribution in [3.05, 3.63) is 39.9 Å². The monoisotopic (exact) mass is 337 g/mol. The van der Waals surface area contributed by atoms with Crippen molar-refractivity contribution in [1.29, 1.82) is 0 Å². The lowest BCUT2D eigenvalue weighted by atomic mass is 9.83. The molecule has 1 unspecified atom stereocenters. The van der Waals surface area contributed by atoms with Gasteiger partial charge in [0, 0.05) is 23.2 Å². The van der Waals surface area contributed by atoms with Gasteiger partial charge in [0.25, 0.3) is 0 Å². The Labute approximate surface area is 130 Å². The van der Waals surface area contributed by atoms with Crippen LogP contribution in [0.25, 0.3) is 0 Å². The number of aliphatic hydroxyl groups excluding tert-OH is 1. The Morgan fingerprint density at radius 3 is 2.45 bits per heavy atom. The second kappa shape index (κ2) is 5.90. The molecule has 0 saturated heterocycles. The third-order valence-electron chi connectivity index (χ3n) is 3.97. The predicted molar refractivity (Wildman–Crippen MR) is 89.1 cm³/mol. The first-order chi connectivity index (χ1) is 9.29. The summed E-state index contributed by atoms with van der Waals surface area (Å²) in [5, 5.41) is 9.68. The fourth-order valence-corrected chi connectivity index (χ4v) is 3.33. The molecule has 0 radical (unpaired) electrons. The summed E-state index contributed by atoms with van der Waals surface area (Å²) in [5.41, 5.74) is 3.98. The first kappa shape index (κ1) is 15.6. The minimum Gasteiger partial charge on any atom is -0.389 e. The summed E-state index contributed by atoms with van der Waals surface area (Å²) in [6, 6.07) is 6.22. The van der Waals surface area contributed by atoms with E-state index in [4.69, 9.17) is 0 Å². The van der Waals surface area contributed by atoms with Gasteiger partial charge in [-0.05, 0) is 36.5 Å². The summed E-state index contributed by atoms with van der Waals surface area (Å²) in [6.07, 6.45) is 3.05. The maximum Gasteiger partial charge on any atom is 0.0772 e. The van der Waals surface area contributed by atoms with Gasteiger partial charge in [0.2, 0.25) is 0 Å². The van der Waals surface area contributed by atoms with Gasteiger partial charge in [-0.3, -0.25) is 0 Å². The molecule has 0 aliphatic carbocycles. The van der Waals surface area contributed by atoms with E-state index in [1.807, 2.05) is 6.07 Å². The van der Waals surface area contributed by atoms with E-state index in [9.17, 15) is 5.11 Å². The van der Waals surface area contributed by atoms with Crippen LogP contribution >= 0.6 is 15.9 Å². The van der Waals surface area contributed by atoms with Crippen molar-refractivity contribution in [2.45, 2.75) is 40.2 Å². The first-order valence-electron chi connectivity index (χ1n) is 7.21. The Bertz CT molecular complexity index is 514. The fraction of sp³-hybridized carbons (Fsp3) is 0.529. The van der Waals surface area contributed by atoms with E-state index in [-0.39, 0.29) is 5.41 Å².